The van der Waals surface area contributed by atoms with Crippen LogP contribution in [0.4, 0.5) is 10.5 Å². The van der Waals surface area contributed by atoms with Gasteiger partial charge in [0.25, 0.3) is 0 Å². The molecule has 0 saturated heterocycles. The highest BCUT2D eigenvalue weighted by Gasteiger charge is 2.28. The zero-order valence-electron chi connectivity index (χ0n) is 12.8. The monoisotopic (exact) mass is 290 g/mol. The third-order valence-corrected chi connectivity index (χ3v) is 3.70. The standard InChI is InChI=1S/C16H22N2O3/c1-16(2,3)18(10-14(19)20)15(21)17-13-8-7-11-5-4-6-12(11)9-13/h7-9H,4-6,10H2,1-3H3,(H,17,21)(H,19,20). The number of carbonyl (C=O) groups is 2. The number of aryl methyl sites for hydroxylation is 2. The van der Waals surface area contributed by atoms with Gasteiger partial charge in [-0.25, -0.2) is 4.79 Å². The summed E-state index contributed by atoms with van der Waals surface area (Å²) in [6, 6.07) is 5.52. The average molecular weight is 290 g/mol. The number of carboxylic acid groups (broad SMARTS) is 1. The summed E-state index contributed by atoms with van der Waals surface area (Å²) in [5.74, 6) is -1.02. The van der Waals surface area contributed by atoms with Crippen molar-refractivity contribution in [3.05, 3.63) is 29.3 Å². The minimum Gasteiger partial charge on any atom is -0.480 e. The lowest BCUT2D eigenvalue weighted by atomic mass is 10.1. The van der Waals surface area contributed by atoms with E-state index in [1.807, 2.05) is 39.0 Å². The van der Waals surface area contributed by atoms with Crippen molar-refractivity contribution in [1.29, 1.82) is 0 Å². The second kappa shape index (κ2) is 5.76. The Morgan fingerprint density at radius 3 is 2.52 bits per heavy atom. The molecule has 0 saturated carbocycles. The van der Waals surface area contributed by atoms with Crippen molar-refractivity contribution in [3.63, 3.8) is 0 Å². The topological polar surface area (TPSA) is 69.6 Å². The summed E-state index contributed by atoms with van der Waals surface area (Å²) in [5, 5.41) is 11.8. The predicted molar refractivity (Wildman–Crippen MR) is 81.6 cm³/mol. The smallest absolute Gasteiger partial charge is 0.323 e. The van der Waals surface area contributed by atoms with E-state index in [4.69, 9.17) is 5.11 Å². The Morgan fingerprint density at radius 1 is 1.24 bits per heavy atom. The van der Waals surface area contributed by atoms with Gasteiger partial charge in [0.1, 0.15) is 6.54 Å². The molecule has 2 N–H and O–H groups in total. The Kier molecular flexibility index (Phi) is 4.21. The van der Waals surface area contributed by atoms with Gasteiger partial charge in [-0.2, -0.15) is 0 Å². The number of carbonyl (C=O) groups excluding carboxylic acids is 1. The maximum absolute atomic E-state index is 12.3. The van der Waals surface area contributed by atoms with Crippen LogP contribution in [-0.2, 0) is 17.6 Å². The lowest BCUT2D eigenvalue weighted by molar-refractivity contribution is -0.138. The number of aliphatic carboxylic acids is 1. The van der Waals surface area contributed by atoms with Crippen LogP contribution in [0.3, 0.4) is 0 Å². The third kappa shape index (κ3) is 3.74. The molecule has 0 radical (unpaired) electrons. The Balaban J connectivity index is 2.13. The number of carboxylic acids is 1. The Hall–Kier alpha value is -2.04. The molecular formula is C16H22N2O3. The second-order valence-electron chi connectivity index (χ2n) is 6.42. The molecule has 2 amide bonds. The van der Waals surface area contributed by atoms with Gasteiger partial charge in [-0.15, -0.1) is 0 Å². The molecular weight excluding hydrogens is 268 g/mol. The van der Waals surface area contributed by atoms with Crippen molar-refractivity contribution < 1.29 is 14.7 Å². The summed E-state index contributed by atoms with van der Waals surface area (Å²) in [4.78, 5) is 24.6. The molecule has 0 unspecified atom stereocenters. The summed E-state index contributed by atoms with van der Waals surface area (Å²) >= 11 is 0. The van der Waals surface area contributed by atoms with Crippen LogP contribution in [0.25, 0.3) is 0 Å². The fourth-order valence-corrected chi connectivity index (χ4v) is 2.59. The number of rotatable bonds is 3. The first-order valence-corrected chi connectivity index (χ1v) is 7.19. The van der Waals surface area contributed by atoms with Gasteiger partial charge >= 0.3 is 12.0 Å². The zero-order valence-corrected chi connectivity index (χ0v) is 12.8. The largest absolute Gasteiger partial charge is 0.480 e. The highest BCUT2D eigenvalue weighted by molar-refractivity contribution is 5.92. The van der Waals surface area contributed by atoms with Gasteiger partial charge in [0.15, 0.2) is 0 Å². The van der Waals surface area contributed by atoms with Crippen LogP contribution in [0.15, 0.2) is 18.2 Å². The molecule has 5 heteroatoms. The van der Waals surface area contributed by atoms with Crippen LogP contribution in [-0.4, -0.2) is 34.1 Å². The number of hydrogen-bond donors (Lipinski definition) is 2. The van der Waals surface area contributed by atoms with E-state index in [-0.39, 0.29) is 12.6 Å². The normalized spacial score (nSPS) is 13.7. The molecule has 0 aromatic heterocycles. The Morgan fingerprint density at radius 2 is 1.90 bits per heavy atom. The number of anilines is 1. The molecule has 1 aromatic rings. The molecule has 0 aliphatic heterocycles. The third-order valence-electron chi connectivity index (χ3n) is 3.70. The number of nitrogens with zero attached hydrogens (tertiary/aromatic N) is 1. The molecule has 0 spiro atoms. The first-order valence-electron chi connectivity index (χ1n) is 7.19. The van der Waals surface area contributed by atoms with Gasteiger partial charge in [-0.05, 0) is 63.3 Å². The molecule has 1 aliphatic rings. The zero-order chi connectivity index (χ0) is 15.6. The van der Waals surface area contributed by atoms with Gasteiger partial charge in [0.05, 0.1) is 0 Å². The number of urea groups is 1. The Labute approximate surface area is 125 Å². The van der Waals surface area contributed by atoms with Crippen LogP contribution < -0.4 is 5.32 Å². The highest BCUT2D eigenvalue weighted by Crippen LogP contribution is 2.25. The number of hydrogen-bond acceptors (Lipinski definition) is 2. The maximum Gasteiger partial charge on any atom is 0.323 e. The quantitative estimate of drug-likeness (QED) is 0.899. The number of fused-ring (bicyclic) bond motifs is 1. The predicted octanol–water partition coefficient (Wildman–Crippen LogP) is 2.89. The summed E-state index contributed by atoms with van der Waals surface area (Å²) in [7, 11) is 0. The van der Waals surface area contributed by atoms with Crippen LogP contribution in [0.2, 0.25) is 0 Å². The van der Waals surface area contributed by atoms with Crippen LogP contribution in [0.5, 0.6) is 0 Å². The summed E-state index contributed by atoms with van der Waals surface area (Å²) in [6.45, 7) is 5.13. The maximum atomic E-state index is 12.3. The second-order valence-corrected chi connectivity index (χ2v) is 6.42. The van der Waals surface area contributed by atoms with Crippen molar-refractivity contribution in [1.82, 2.24) is 4.90 Å². The van der Waals surface area contributed by atoms with Crippen LogP contribution >= 0.6 is 0 Å². The molecule has 5 nitrogen and oxygen atoms in total. The van der Waals surface area contributed by atoms with Crippen molar-refractivity contribution in [2.24, 2.45) is 0 Å². The van der Waals surface area contributed by atoms with Gasteiger partial charge in [0.2, 0.25) is 0 Å². The first-order chi connectivity index (χ1) is 9.77. The van der Waals surface area contributed by atoms with Crippen molar-refractivity contribution in [3.8, 4) is 0 Å². The van der Waals surface area contributed by atoms with Gasteiger partial charge in [0, 0.05) is 11.2 Å². The van der Waals surface area contributed by atoms with E-state index >= 15 is 0 Å². The summed E-state index contributed by atoms with van der Waals surface area (Å²) in [5.41, 5.74) is 2.78. The fraction of sp³-hybridized carbons (Fsp3) is 0.500. The van der Waals surface area contributed by atoms with Crippen LogP contribution in [0.1, 0.15) is 38.3 Å². The summed E-state index contributed by atoms with van der Waals surface area (Å²) in [6.07, 6.45) is 3.29. The molecule has 21 heavy (non-hydrogen) atoms. The van der Waals surface area contributed by atoms with Crippen LogP contribution in [0, 0.1) is 0 Å². The van der Waals surface area contributed by atoms with E-state index in [9.17, 15) is 9.59 Å². The number of benzene rings is 1. The van der Waals surface area contributed by atoms with Crippen molar-refractivity contribution in [2.45, 2.75) is 45.6 Å². The number of amides is 2. The van der Waals surface area contributed by atoms with E-state index in [0.29, 0.717) is 0 Å². The van der Waals surface area contributed by atoms with Crippen molar-refractivity contribution >= 4 is 17.7 Å². The number of nitrogens with one attached hydrogen (secondary N) is 1. The average Bonchev–Trinajstić information content (AvgIpc) is 2.81. The van der Waals surface area contributed by atoms with Gasteiger partial charge in [-0.1, -0.05) is 6.07 Å². The van der Waals surface area contributed by atoms with E-state index in [2.05, 4.69) is 5.32 Å². The molecule has 114 valence electrons. The minimum atomic E-state index is -1.02. The van der Waals surface area contributed by atoms with Crippen molar-refractivity contribution in [2.75, 3.05) is 11.9 Å². The van der Waals surface area contributed by atoms with Gasteiger partial charge < -0.3 is 15.3 Å². The highest BCUT2D eigenvalue weighted by atomic mass is 16.4. The first kappa shape index (κ1) is 15.4. The lowest BCUT2D eigenvalue weighted by Gasteiger charge is -2.34. The fourth-order valence-electron chi connectivity index (χ4n) is 2.59. The minimum absolute atomic E-state index is 0.319. The molecule has 0 bridgehead atoms. The molecule has 0 heterocycles. The van der Waals surface area contributed by atoms with E-state index in [0.717, 1.165) is 24.9 Å². The molecule has 2 rings (SSSR count). The molecule has 1 aliphatic carbocycles. The summed E-state index contributed by atoms with van der Waals surface area (Å²) < 4.78 is 0. The lowest BCUT2D eigenvalue weighted by Crippen LogP contribution is -2.50. The van der Waals surface area contributed by atoms with E-state index in [1.165, 1.54) is 16.0 Å². The molecule has 0 fully saturated rings. The molecule has 0 atom stereocenters. The van der Waals surface area contributed by atoms with E-state index in [1.54, 1.807) is 0 Å². The van der Waals surface area contributed by atoms with Gasteiger partial charge in [-0.3, -0.25) is 4.79 Å². The molecule has 1 aromatic carbocycles. The SMILES string of the molecule is CC(C)(C)N(CC(=O)O)C(=O)Nc1ccc2c(c1)CCC2. The van der Waals surface area contributed by atoms with E-state index < -0.39 is 11.5 Å². The Bertz CT molecular complexity index is 561.